The average molecular weight is 399 g/mol. The van der Waals surface area contributed by atoms with E-state index in [1.807, 2.05) is 19.3 Å². The van der Waals surface area contributed by atoms with Crippen LogP contribution in [0.2, 0.25) is 0 Å². The Bertz CT molecular complexity index is 1390. The summed E-state index contributed by atoms with van der Waals surface area (Å²) in [6.07, 6.45) is 10.1. The molecule has 9 heteroatoms. The van der Waals surface area contributed by atoms with Crippen LogP contribution in [0.4, 0.5) is 0 Å². The molecule has 0 unspecified atom stereocenters. The fraction of sp³-hybridized carbons (Fsp3) is 0.0952. The van der Waals surface area contributed by atoms with Gasteiger partial charge >= 0.3 is 0 Å². The van der Waals surface area contributed by atoms with E-state index in [-0.39, 0.29) is 5.56 Å². The van der Waals surface area contributed by atoms with Gasteiger partial charge in [-0.25, -0.2) is 9.97 Å². The molecule has 4 heterocycles. The van der Waals surface area contributed by atoms with Crippen molar-refractivity contribution in [3.8, 4) is 22.8 Å². The zero-order chi connectivity index (χ0) is 20.5. The van der Waals surface area contributed by atoms with Crippen LogP contribution in [0.15, 0.2) is 72.6 Å². The van der Waals surface area contributed by atoms with Gasteiger partial charge in [0, 0.05) is 37.3 Å². The van der Waals surface area contributed by atoms with E-state index < -0.39 is 0 Å². The molecule has 0 radical (unpaired) electrons. The maximum absolute atomic E-state index is 12.9. The molecule has 0 fully saturated rings. The number of fused-ring (bicyclic) bond motifs is 1. The lowest BCUT2D eigenvalue weighted by Gasteiger charge is -2.09. The molecule has 0 atom stereocenters. The SMILES string of the molecule is Cn1cc(-c2cc(Oc3ccc4ncn(Cc5cnc[nH]5)c(=O)c4c3)ccn2)cn1. The Balaban J connectivity index is 1.46. The van der Waals surface area contributed by atoms with E-state index >= 15 is 0 Å². The van der Waals surface area contributed by atoms with Crippen molar-refractivity contribution in [2.75, 3.05) is 0 Å². The summed E-state index contributed by atoms with van der Waals surface area (Å²) >= 11 is 0. The molecule has 0 aliphatic rings. The Labute approximate surface area is 170 Å². The second-order valence-electron chi connectivity index (χ2n) is 6.81. The van der Waals surface area contributed by atoms with Crippen molar-refractivity contribution in [1.82, 2.24) is 34.3 Å². The lowest BCUT2D eigenvalue weighted by atomic mass is 10.2. The van der Waals surface area contributed by atoms with Crippen molar-refractivity contribution in [3.05, 3.63) is 83.8 Å². The van der Waals surface area contributed by atoms with Crippen molar-refractivity contribution >= 4 is 10.9 Å². The van der Waals surface area contributed by atoms with Crippen molar-refractivity contribution < 1.29 is 4.74 Å². The van der Waals surface area contributed by atoms with E-state index in [4.69, 9.17) is 4.74 Å². The highest BCUT2D eigenvalue weighted by molar-refractivity contribution is 5.79. The molecule has 5 aromatic rings. The Kier molecular flexibility index (Phi) is 4.32. The van der Waals surface area contributed by atoms with E-state index in [1.54, 1.807) is 53.9 Å². The maximum Gasteiger partial charge on any atom is 0.261 e. The van der Waals surface area contributed by atoms with Gasteiger partial charge in [-0.1, -0.05) is 0 Å². The first-order chi connectivity index (χ1) is 14.7. The number of rotatable bonds is 5. The second kappa shape index (κ2) is 7.28. The number of imidazole rings is 1. The highest BCUT2D eigenvalue weighted by Crippen LogP contribution is 2.26. The van der Waals surface area contributed by atoms with Gasteiger partial charge in [-0.05, 0) is 24.3 Å². The van der Waals surface area contributed by atoms with E-state index in [0.29, 0.717) is 28.9 Å². The molecule has 1 N–H and O–H groups in total. The van der Waals surface area contributed by atoms with E-state index in [1.165, 1.54) is 10.9 Å². The van der Waals surface area contributed by atoms with Crippen LogP contribution in [0, 0.1) is 0 Å². The minimum absolute atomic E-state index is 0.147. The number of H-pyrrole nitrogens is 1. The number of hydrogen-bond acceptors (Lipinski definition) is 6. The third kappa shape index (κ3) is 3.44. The largest absolute Gasteiger partial charge is 0.457 e. The summed E-state index contributed by atoms with van der Waals surface area (Å²) in [5.41, 5.74) is 2.94. The smallest absolute Gasteiger partial charge is 0.261 e. The first-order valence-corrected chi connectivity index (χ1v) is 9.25. The van der Waals surface area contributed by atoms with E-state index in [9.17, 15) is 4.79 Å². The summed E-state index contributed by atoms with van der Waals surface area (Å²) in [5.74, 6) is 1.16. The Morgan fingerprint density at radius 3 is 2.80 bits per heavy atom. The van der Waals surface area contributed by atoms with Crippen LogP contribution in [0.5, 0.6) is 11.5 Å². The lowest BCUT2D eigenvalue weighted by molar-refractivity contribution is 0.483. The summed E-state index contributed by atoms with van der Waals surface area (Å²) in [4.78, 5) is 28.6. The molecule has 0 saturated carbocycles. The summed E-state index contributed by atoms with van der Waals surface area (Å²) in [5, 5.41) is 4.65. The van der Waals surface area contributed by atoms with Crippen LogP contribution < -0.4 is 10.3 Å². The average Bonchev–Trinajstić information content (AvgIpc) is 3.42. The maximum atomic E-state index is 12.9. The van der Waals surface area contributed by atoms with Crippen LogP contribution in [-0.4, -0.2) is 34.3 Å². The summed E-state index contributed by atoms with van der Waals surface area (Å²) < 4.78 is 9.25. The topological polar surface area (TPSA) is 104 Å². The molecule has 5 rings (SSSR count). The normalized spacial score (nSPS) is 11.1. The van der Waals surface area contributed by atoms with Crippen LogP contribution in [0.3, 0.4) is 0 Å². The van der Waals surface area contributed by atoms with Gasteiger partial charge in [0.25, 0.3) is 5.56 Å². The molecule has 1 aromatic carbocycles. The van der Waals surface area contributed by atoms with E-state index in [0.717, 1.165) is 17.0 Å². The predicted octanol–water partition coefficient (Wildman–Crippen LogP) is 2.76. The third-order valence-corrected chi connectivity index (χ3v) is 4.66. The molecule has 4 aromatic heterocycles. The van der Waals surface area contributed by atoms with Gasteiger partial charge in [0.1, 0.15) is 11.5 Å². The third-order valence-electron chi connectivity index (χ3n) is 4.66. The lowest BCUT2D eigenvalue weighted by Crippen LogP contribution is -2.21. The van der Waals surface area contributed by atoms with Crippen molar-refractivity contribution in [3.63, 3.8) is 0 Å². The van der Waals surface area contributed by atoms with Crippen LogP contribution in [-0.2, 0) is 13.6 Å². The van der Waals surface area contributed by atoms with Gasteiger partial charge in [-0.2, -0.15) is 5.10 Å². The standard InChI is InChI=1S/C21H17N7O2/c1-27-10-14(8-26-27)20-7-17(4-5-23-20)30-16-2-3-19-18(6-16)21(29)28(13-25-19)11-15-9-22-12-24-15/h2-10,12-13H,11H2,1H3,(H,22,24). The predicted molar refractivity (Wildman–Crippen MR) is 110 cm³/mol. The molecule has 0 bridgehead atoms. The molecule has 148 valence electrons. The summed E-state index contributed by atoms with van der Waals surface area (Å²) in [6.45, 7) is 0.367. The second-order valence-corrected chi connectivity index (χ2v) is 6.81. The molecule has 0 amide bonds. The van der Waals surface area contributed by atoms with Gasteiger partial charge in [0.05, 0.1) is 47.7 Å². The number of nitrogens with zero attached hydrogens (tertiary/aromatic N) is 6. The van der Waals surface area contributed by atoms with Crippen LogP contribution in [0.1, 0.15) is 5.69 Å². The van der Waals surface area contributed by atoms with Gasteiger partial charge in [0.2, 0.25) is 0 Å². The van der Waals surface area contributed by atoms with Crippen molar-refractivity contribution in [1.29, 1.82) is 0 Å². The summed E-state index contributed by atoms with van der Waals surface area (Å²) in [6, 6.07) is 8.87. The molecule has 0 aliphatic carbocycles. The molecule has 0 aliphatic heterocycles. The molecule has 9 nitrogen and oxygen atoms in total. The first-order valence-electron chi connectivity index (χ1n) is 9.25. The number of aromatic amines is 1. The van der Waals surface area contributed by atoms with Gasteiger partial charge in [-0.15, -0.1) is 0 Å². The quantitative estimate of drug-likeness (QED) is 0.487. The van der Waals surface area contributed by atoms with Crippen LogP contribution in [0.25, 0.3) is 22.2 Å². The Morgan fingerprint density at radius 1 is 1.10 bits per heavy atom. The number of pyridine rings is 1. The molecular weight excluding hydrogens is 382 g/mol. The minimum Gasteiger partial charge on any atom is -0.457 e. The summed E-state index contributed by atoms with van der Waals surface area (Å²) in [7, 11) is 1.85. The fourth-order valence-corrected chi connectivity index (χ4v) is 3.19. The molecular formula is C21H17N7O2. The van der Waals surface area contributed by atoms with Gasteiger partial charge in [-0.3, -0.25) is 19.0 Å². The Morgan fingerprint density at radius 2 is 2.00 bits per heavy atom. The van der Waals surface area contributed by atoms with Crippen molar-refractivity contribution in [2.24, 2.45) is 7.05 Å². The molecule has 0 spiro atoms. The first kappa shape index (κ1) is 17.8. The highest BCUT2D eigenvalue weighted by atomic mass is 16.5. The highest BCUT2D eigenvalue weighted by Gasteiger charge is 2.09. The fourth-order valence-electron chi connectivity index (χ4n) is 3.19. The van der Waals surface area contributed by atoms with Gasteiger partial charge < -0.3 is 9.72 Å². The van der Waals surface area contributed by atoms with Gasteiger partial charge in [0.15, 0.2) is 0 Å². The zero-order valence-electron chi connectivity index (χ0n) is 16.1. The number of aromatic nitrogens is 7. The zero-order valence-corrected chi connectivity index (χ0v) is 16.1. The number of aryl methyl sites for hydroxylation is 1. The molecule has 0 saturated heterocycles. The number of nitrogens with one attached hydrogen (secondary N) is 1. The Hall–Kier alpha value is -4.27. The molecule has 30 heavy (non-hydrogen) atoms. The van der Waals surface area contributed by atoms with Crippen LogP contribution >= 0.6 is 0 Å². The van der Waals surface area contributed by atoms with Crippen molar-refractivity contribution in [2.45, 2.75) is 6.54 Å². The monoisotopic (exact) mass is 399 g/mol. The number of ether oxygens (including phenoxy) is 1. The number of hydrogen-bond donors (Lipinski definition) is 1. The number of benzene rings is 1. The van der Waals surface area contributed by atoms with E-state index in [2.05, 4.69) is 25.0 Å². The minimum atomic E-state index is -0.147.